The van der Waals surface area contributed by atoms with Crippen LogP contribution in [0.3, 0.4) is 0 Å². The van der Waals surface area contributed by atoms with Crippen molar-refractivity contribution in [1.82, 2.24) is 0 Å². The minimum atomic E-state index is -0.206. The van der Waals surface area contributed by atoms with Crippen LogP contribution in [0.25, 0.3) is 0 Å². The van der Waals surface area contributed by atoms with E-state index in [9.17, 15) is 4.39 Å². The highest BCUT2D eigenvalue weighted by molar-refractivity contribution is 5.25. The van der Waals surface area contributed by atoms with Crippen LogP contribution in [-0.4, -0.2) is 12.1 Å². The molecule has 0 aromatic heterocycles. The lowest BCUT2D eigenvalue weighted by Crippen LogP contribution is -2.39. The van der Waals surface area contributed by atoms with Crippen LogP contribution in [-0.2, 0) is 11.3 Å². The second kappa shape index (κ2) is 5.61. The van der Waals surface area contributed by atoms with E-state index in [0.717, 1.165) is 24.0 Å². The Hall–Kier alpha value is -0.930. The molecule has 1 aromatic rings. The zero-order valence-electron chi connectivity index (χ0n) is 10.3. The highest BCUT2D eigenvalue weighted by Crippen LogP contribution is 2.21. The Morgan fingerprint density at radius 3 is 2.88 bits per heavy atom. The fourth-order valence-corrected chi connectivity index (χ4v) is 2.32. The smallest absolute Gasteiger partial charge is 0.123 e. The summed E-state index contributed by atoms with van der Waals surface area (Å²) in [6, 6.07) is 4.95. The van der Waals surface area contributed by atoms with E-state index in [1.807, 2.05) is 6.92 Å². The molecule has 0 heterocycles. The second-order valence-corrected chi connectivity index (χ2v) is 4.87. The van der Waals surface area contributed by atoms with E-state index >= 15 is 0 Å². The number of rotatable bonds is 3. The molecular weight excluding hydrogens is 217 g/mol. The molecule has 0 bridgehead atoms. The number of halogens is 1. The van der Waals surface area contributed by atoms with E-state index in [0.29, 0.717) is 6.61 Å². The van der Waals surface area contributed by atoms with Crippen molar-refractivity contribution >= 4 is 0 Å². The van der Waals surface area contributed by atoms with Crippen LogP contribution in [0.15, 0.2) is 18.2 Å². The molecule has 2 N–H and O–H groups in total. The van der Waals surface area contributed by atoms with E-state index in [1.165, 1.54) is 18.9 Å². The van der Waals surface area contributed by atoms with Crippen molar-refractivity contribution in [1.29, 1.82) is 0 Å². The Kier molecular flexibility index (Phi) is 4.13. The first-order valence-electron chi connectivity index (χ1n) is 6.29. The minimum absolute atomic E-state index is 0.131. The van der Waals surface area contributed by atoms with Gasteiger partial charge >= 0.3 is 0 Å². The molecule has 1 fully saturated rings. The molecule has 0 amide bonds. The molecule has 1 aliphatic rings. The van der Waals surface area contributed by atoms with Crippen molar-refractivity contribution in [3.05, 3.63) is 35.1 Å². The lowest BCUT2D eigenvalue weighted by atomic mass is 9.93. The second-order valence-electron chi connectivity index (χ2n) is 4.87. The molecule has 2 nitrogen and oxygen atoms in total. The Labute approximate surface area is 102 Å². The zero-order valence-corrected chi connectivity index (χ0v) is 10.3. The van der Waals surface area contributed by atoms with Crippen molar-refractivity contribution in [2.45, 2.75) is 51.4 Å². The molecule has 1 aromatic carbocycles. The van der Waals surface area contributed by atoms with Gasteiger partial charge in [0, 0.05) is 6.04 Å². The van der Waals surface area contributed by atoms with Crippen molar-refractivity contribution in [3.63, 3.8) is 0 Å². The third-order valence-electron chi connectivity index (χ3n) is 3.52. The molecule has 0 saturated heterocycles. The van der Waals surface area contributed by atoms with Gasteiger partial charge in [-0.15, -0.1) is 0 Å². The predicted molar refractivity (Wildman–Crippen MR) is 66.2 cm³/mol. The Bertz CT molecular complexity index is 380. The zero-order chi connectivity index (χ0) is 12.3. The summed E-state index contributed by atoms with van der Waals surface area (Å²) in [6.07, 6.45) is 4.56. The molecule has 3 heteroatoms. The number of hydrogen-bond donors (Lipinski definition) is 1. The van der Waals surface area contributed by atoms with Crippen LogP contribution in [0.2, 0.25) is 0 Å². The summed E-state index contributed by atoms with van der Waals surface area (Å²) >= 11 is 0. The average Bonchev–Trinajstić information content (AvgIpc) is 2.32. The van der Waals surface area contributed by atoms with E-state index < -0.39 is 0 Å². The van der Waals surface area contributed by atoms with Crippen molar-refractivity contribution in [2.24, 2.45) is 5.73 Å². The van der Waals surface area contributed by atoms with Gasteiger partial charge in [-0.25, -0.2) is 4.39 Å². The summed E-state index contributed by atoms with van der Waals surface area (Å²) in [6.45, 7) is 2.43. The first-order chi connectivity index (χ1) is 8.16. The van der Waals surface area contributed by atoms with Gasteiger partial charge in [-0.1, -0.05) is 18.9 Å². The fourth-order valence-electron chi connectivity index (χ4n) is 2.32. The molecular formula is C14H20FNO. The van der Waals surface area contributed by atoms with Crippen molar-refractivity contribution < 1.29 is 9.13 Å². The Morgan fingerprint density at radius 2 is 2.12 bits per heavy atom. The Morgan fingerprint density at radius 1 is 1.35 bits per heavy atom. The summed E-state index contributed by atoms with van der Waals surface area (Å²) in [4.78, 5) is 0. The predicted octanol–water partition coefficient (Wildman–Crippen LogP) is 2.92. The van der Waals surface area contributed by atoms with E-state index in [2.05, 4.69) is 0 Å². The van der Waals surface area contributed by atoms with Crippen LogP contribution in [0.5, 0.6) is 0 Å². The van der Waals surface area contributed by atoms with Gasteiger partial charge in [-0.2, -0.15) is 0 Å². The van der Waals surface area contributed by atoms with E-state index in [4.69, 9.17) is 10.5 Å². The van der Waals surface area contributed by atoms with Gasteiger partial charge in [0.25, 0.3) is 0 Å². The molecule has 0 radical (unpaired) electrons. The van der Waals surface area contributed by atoms with Gasteiger partial charge in [0.1, 0.15) is 5.82 Å². The van der Waals surface area contributed by atoms with Crippen molar-refractivity contribution in [3.8, 4) is 0 Å². The Balaban J connectivity index is 1.94. The molecule has 1 aliphatic carbocycles. The van der Waals surface area contributed by atoms with Gasteiger partial charge < -0.3 is 10.5 Å². The van der Waals surface area contributed by atoms with Gasteiger partial charge in [0.15, 0.2) is 0 Å². The molecule has 1 saturated carbocycles. The average molecular weight is 237 g/mol. The van der Waals surface area contributed by atoms with E-state index in [1.54, 1.807) is 12.1 Å². The quantitative estimate of drug-likeness (QED) is 0.877. The molecule has 2 rings (SSSR count). The van der Waals surface area contributed by atoms with Gasteiger partial charge in [0.05, 0.1) is 12.7 Å². The molecule has 2 unspecified atom stereocenters. The maximum Gasteiger partial charge on any atom is 0.123 e. The number of aryl methyl sites for hydroxylation is 1. The van der Waals surface area contributed by atoms with Crippen LogP contribution in [0, 0.1) is 12.7 Å². The summed E-state index contributed by atoms with van der Waals surface area (Å²) in [5.41, 5.74) is 8.00. The van der Waals surface area contributed by atoms with Crippen LogP contribution >= 0.6 is 0 Å². The lowest BCUT2D eigenvalue weighted by Gasteiger charge is -2.28. The molecule has 0 aliphatic heterocycles. The van der Waals surface area contributed by atoms with E-state index in [-0.39, 0.29) is 18.0 Å². The number of nitrogens with two attached hydrogens (primary N) is 1. The van der Waals surface area contributed by atoms with Crippen LogP contribution < -0.4 is 5.73 Å². The molecule has 2 atom stereocenters. The summed E-state index contributed by atoms with van der Waals surface area (Å²) in [5.74, 6) is -0.206. The first-order valence-corrected chi connectivity index (χ1v) is 6.29. The topological polar surface area (TPSA) is 35.2 Å². The van der Waals surface area contributed by atoms with Crippen LogP contribution in [0.1, 0.15) is 36.8 Å². The standard InChI is InChI=1S/C14H20FNO/c1-10-6-7-12(15)8-11(10)9-17-14-5-3-2-4-13(14)16/h6-8,13-14H,2-5,9,16H2,1H3. The lowest BCUT2D eigenvalue weighted by molar-refractivity contribution is 0.00374. The minimum Gasteiger partial charge on any atom is -0.372 e. The maximum atomic E-state index is 13.1. The highest BCUT2D eigenvalue weighted by Gasteiger charge is 2.22. The van der Waals surface area contributed by atoms with Crippen molar-refractivity contribution in [2.75, 3.05) is 0 Å². The number of benzene rings is 1. The molecule has 0 spiro atoms. The fraction of sp³-hybridized carbons (Fsp3) is 0.571. The van der Waals surface area contributed by atoms with Gasteiger partial charge in [0.2, 0.25) is 0 Å². The molecule has 17 heavy (non-hydrogen) atoms. The largest absolute Gasteiger partial charge is 0.372 e. The summed E-state index contributed by atoms with van der Waals surface area (Å²) < 4.78 is 18.9. The third-order valence-corrected chi connectivity index (χ3v) is 3.52. The normalized spacial score (nSPS) is 24.9. The monoisotopic (exact) mass is 237 g/mol. The highest BCUT2D eigenvalue weighted by atomic mass is 19.1. The summed E-state index contributed by atoms with van der Waals surface area (Å²) in [5, 5.41) is 0. The first kappa shape index (κ1) is 12.5. The van der Waals surface area contributed by atoms with Gasteiger partial charge in [-0.3, -0.25) is 0 Å². The number of ether oxygens (including phenoxy) is 1. The van der Waals surface area contributed by atoms with Crippen LogP contribution in [0.4, 0.5) is 4.39 Å². The number of hydrogen-bond acceptors (Lipinski definition) is 2. The van der Waals surface area contributed by atoms with Gasteiger partial charge in [-0.05, 0) is 43.0 Å². The SMILES string of the molecule is Cc1ccc(F)cc1COC1CCCCC1N. The molecule has 94 valence electrons. The summed E-state index contributed by atoms with van der Waals surface area (Å²) in [7, 11) is 0. The maximum absolute atomic E-state index is 13.1. The third kappa shape index (κ3) is 3.27.